The fourth-order valence-electron chi connectivity index (χ4n) is 7.92. The van der Waals surface area contributed by atoms with Gasteiger partial charge in [0.2, 0.25) is 0 Å². The largest absolute Gasteiger partial charge is 0.455 e. The number of anilines is 3. The first kappa shape index (κ1) is 30.9. The Hall–Kier alpha value is -6.84. The van der Waals surface area contributed by atoms with Crippen molar-refractivity contribution < 1.29 is 8.83 Å². The van der Waals surface area contributed by atoms with E-state index >= 15 is 0 Å². The minimum Gasteiger partial charge on any atom is -0.455 e. The average molecular weight is 682 g/mol. The van der Waals surface area contributed by atoms with Gasteiger partial charge in [-0.3, -0.25) is 0 Å². The fourth-order valence-corrected chi connectivity index (χ4v) is 7.92. The van der Waals surface area contributed by atoms with Gasteiger partial charge in [-0.2, -0.15) is 0 Å². The summed E-state index contributed by atoms with van der Waals surface area (Å²) < 4.78 is 12.8. The van der Waals surface area contributed by atoms with Gasteiger partial charge in [-0.25, -0.2) is 0 Å². The molecule has 0 atom stereocenters. The van der Waals surface area contributed by atoms with Crippen LogP contribution in [-0.2, 0) is 0 Å². The van der Waals surface area contributed by atoms with Crippen molar-refractivity contribution in [1.82, 2.24) is 0 Å². The summed E-state index contributed by atoms with van der Waals surface area (Å²) in [6.07, 6.45) is 0. The van der Waals surface area contributed by atoms with Crippen LogP contribution in [0.5, 0.6) is 0 Å². The Bertz CT molecular complexity index is 2770. The van der Waals surface area contributed by atoms with Gasteiger partial charge in [-0.1, -0.05) is 139 Å². The van der Waals surface area contributed by atoms with Crippen LogP contribution in [0.1, 0.15) is 11.1 Å². The minimum absolute atomic E-state index is 0.905. The van der Waals surface area contributed by atoms with E-state index in [1.807, 2.05) is 24.3 Å². The van der Waals surface area contributed by atoms with Crippen molar-refractivity contribution in [2.75, 3.05) is 4.90 Å². The SMILES string of the molecule is Cc1cc(C)cc(-c2ccc(N(c3ccc(-c4cccc5c4oc4ccccc45)cc3)c3ccc(-c4cccc5c4oc4ccccc45)cc3)cc2)c1. The normalized spacial score (nSPS) is 11.6. The van der Waals surface area contributed by atoms with Crippen LogP contribution < -0.4 is 4.90 Å². The van der Waals surface area contributed by atoms with Crippen LogP contribution in [0.4, 0.5) is 17.1 Å². The van der Waals surface area contributed by atoms with Gasteiger partial charge in [-0.15, -0.1) is 0 Å². The number of fused-ring (bicyclic) bond motifs is 6. The molecule has 2 aromatic heterocycles. The highest BCUT2D eigenvalue weighted by atomic mass is 16.3. The second kappa shape index (κ2) is 12.4. The third kappa shape index (κ3) is 5.37. The van der Waals surface area contributed by atoms with Crippen molar-refractivity contribution in [2.45, 2.75) is 13.8 Å². The second-order valence-electron chi connectivity index (χ2n) is 13.9. The van der Waals surface area contributed by atoms with E-state index in [4.69, 9.17) is 8.83 Å². The zero-order chi connectivity index (χ0) is 35.5. The first-order chi connectivity index (χ1) is 26.1. The molecule has 0 N–H and O–H groups in total. The summed E-state index contributed by atoms with van der Waals surface area (Å²) in [5.74, 6) is 0. The van der Waals surface area contributed by atoms with Gasteiger partial charge in [0.25, 0.3) is 0 Å². The lowest BCUT2D eigenvalue weighted by molar-refractivity contribution is 0.669. The molecule has 10 aromatic rings. The molecule has 0 spiro atoms. The number of benzene rings is 8. The molecule has 3 nitrogen and oxygen atoms in total. The van der Waals surface area contributed by atoms with Gasteiger partial charge in [0.15, 0.2) is 0 Å². The molecule has 8 aromatic carbocycles. The molecular formula is C50H35NO2. The number of hydrogen-bond acceptors (Lipinski definition) is 3. The van der Waals surface area contributed by atoms with E-state index in [-0.39, 0.29) is 0 Å². The Morgan fingerprint density at radius 3 is 1.19 bits per heavy atom. The van der Waals surface area contributed by atoms with Crippen LogP contribution in [-0.4, -0.2) is 0 Å². The molecule has 0 saturated heterocycles. The smallest absolute Gasteiger partial charge is 0.143 e. The third-order valence-corrected chi connectivity index (χ3v) is 10.4. The van der Waals surface area contributed by atoms with Gasteiger partial charge in [0.1, 0.15) is 22.3 Å². The van der Waals surface area contributed by atoms with E-state index in [0.717, 1.165) is 83.2 Å². The van der Waals surface area contributed by atoms with E-state index in [9.17, 15) is 0 Å². The molecule has 0 radical (unpaired) electrons. The molecule has 0 amide bonds. The molecule has 252 valence electrons. The van der Waals surface area contributed by atoms with E-state index in [0.29, 0.717) is 0 Å². The highest BCUT2D eigenvalue weighted by Crippen LogP contribution is 2.41. The summed E-state index contributed by atoms with van der Waals surface area (Å²) in [7, 11) is 0. The maximum atomic E-state index is 6.39. The summed E-state index contributed by atoms with van der Waals surface area (Å²) in [6, 6.07) is 62.5. The quantitative estimate of drug-likeness (QED) is 0.175. The highest BCUT2D eigenvalue weighted by Gasteiger charge is 2.17. The maximum absolute atomic E-state index is 6.39. The van der Waals surface area contributed by atoms with Crippen molar-refractivity contribution >= 4 is 60.9 Å². The van der Waals surface area contributed by atoms with Crippen molar-refractivity contribution in [3.63, 3.8) is 0 Å². The molecule has 10 rings (SSSR count). The van der Waals surface area contributed by atoms with E-state index in [1.165, 1.54) is 22.3 Å². The first-order valence-electron chi connectivity index (χ1n) is 18.1. The van der Waals surface area contributed by atoms with Crippen molar-refractivity contribution in [3.8, 4) is 33.4 Å². The standard InChI is InChI=1S/C50H35NO2/c1-32-29-33(2)31-37(30-32)34-17-23-38(24-18-34)51(39-25-19-35(20-26-39)41-11-7-13-45-43-9-3-5-15-47(43)52-49(41)45)40-27-21-36(22-28-40)42-12-8-14-46-44-10-4-6-16-48(44)53-50(42)46/h3-31H,1-2H3. The van der Waals surface area contributed by atoms with Crippen LogP contribution >= 0.6 is 0 Å². The van der Waals surface area contributed by atoms with Gasteiger partial charge in [-0.05, 0) is 84.6 Å². The molecule has 0 saturated carbocycles. The minimum atomic E-state index is 0.905. The maximum Gasteiger partial charge on any atom is 0.143 e. The highest BCUT2D eigenvalue weighted by molar-refractivity contribution is 6.10. The molecule has 0 aliphatic heterocycles. The predicted octanol–water partition coefficient (Wildman–Crippen LogP) is 14.6. The Kier molecular flexibility index (Phi) is 7.26. The number of furan rings is 2. The lowest BCUT2D eigenvalue weighted by Crippen LogP contribution is -2.09. The van der Waals surface area contributed by atoms with Crippen molar-refractivity contribution in [3.05, 3.63) is 187 Å². The zero-order valence-corrected chi connectivity index (χ0v) is 29.5. The third-order valence-electron chi connectivity index (χ3n) is 10.4. The topological polar surface area (TPSA) is 29.5 Å². The van der Waals surface area contributed by atoms with Crippen LogP contribution in [0.2, 0.25) is 0 Å². The molecule has 0 bridgehead atoms. The number of hydrogen-bond donors (Lipinski definition) is 0. The number of nitrogens with zero attached hydrogens (tertiary/aromatic N) is 1. The van der Waals surface area contributed by atoms with Crippen LogP contribution in [0.15, 0.2) is 185 Å². The molecule has 2 heterocycles. The molecule has 0 fully saturated rings. The average Bonchev–Trinajstić information content (AvgIpc) is 3.77. The summed E-state index contributed by atoms with van der Waals surface area (Å²) in [4.78, 5) is 2.32. The summed E-state index contributed by atoms with van der Waals surface area (Å²) in [6.45, 7) is 4.31. The molecule has 53 heavy (non-hydrogen) atoms. The van der Waals surface area contributed by atoms with Crippen LogP contribution in [0, 0.1) is 13.8 Å². The lowest BCUT2D eigenvalue weighted by atomic mass is 9.99. The van der Waals surface area contributed by atoms with Gasteiger partial charge in [0, 0.05) is 49.7 Å². The Morgan fingerprint density at radius 2 is 0.736 bits per heavy atom. The lowest BCUT2D eigenvalue weighted by Gasteiger charge is -2.26. The number of aryl methyl sites for hydroxylation is 2. The van der Waals surface area contributed by atoms with Crippen molar-refractivity contribution in [2.24, 2.45) is 0 Å². The second-order valence-corrected chi connectivity index (χ2v) is 13.9. The summed E-state index contributed by atoms with van der Waals surface area (Å²) in [5.41, 5.74) is 16.2. The first-order valence-corrected chi connectivity index (χ1v) is 18.1. The van der Waals surface area contributed by atoms with Gasteiger partial charge < -0.3 is 13.7 Å². The van der Waals surface area contributed by atoms with Crippen molar-refractivity contribution in [1.29, 1.82) is 0 Å². The molecular weight excluding hydrogens is 647 g/mol. The Labute approximate surface area is 308 Å². The van der Waals surface area contributed by atoms with E-state index < -0.39 is 0 Å². The monoisotopic (exact) mass is 681 g/mol. The molecule has 0 unspecified atom stereocenters. The summed E-state index contributed by atoms with van der Waals surface area (Å²) in [5, 5.41) is 4.53. The number of para-hydroxylation sites is 4. The fraction of sp³-hybridized carbons (Fsp3) is 0.0400. The molecule has 0 aliphatic carbocycles. The van der Waals surface area contributed by atoms with Crippen LogP contribution in [0.3, 0.4) is 0 Å². The predicted molar refractivity (Wildman–Crippen MR) is 221 cm³/mol. The molecule has 3 heteroatoms. The number of rotatable bonds is 6. The van der Waals surface area contributed by atoms with Crippen LogP contribution in [0.25, 0.3) is 77.3 Å². The van der Waals surface area contributed by atoms with E-state index in [1.54, 1.807) is 0 Å². The Balaban J connectivity index is 1.06. The Morgan fingerprint density at radius 1 is 0.340 bits per heavy atom. The van der Waals surface area contributed by atoms with E-state index in [2.05, 4.69) is 170 Å². The zero-order valence-electron chi connectivity index (χ0n) is 29.5. The summed E-state index contributed by atoms with van der Waals surface area (Å²) >= 11 is 0. The van der Waals surface area contributed by atoms with Gasteiger partial charge in [0.05, 0.1) is 0 Å². The van der Waals surface area contributed by atoms with Gasteiger partial charge >= 0.3 is 0 Å². The molecule has 0 aliphatic rings.